The van der Waals surface area contributed by atoms with Gasteiger partial charge in [-0.1, -0.05) is 118 Å². The second-order valence-corrected chi connectivity index (χ2v) is 22.7. The molecule has 11 nitrogen and oxygen atoms in total. The normalized spacial score (nSPS) is 19.1. The Morgan fingerprint density at radius 2 is 0.880 bits per heavy atom. The zero-order valence-corrected chi connectivity index (χ0v) is 49.7. The van der Waals surface area contributed by atoms with Crippen LogP contribution in [0.3, 0.4) is 0 Å². The van der Waals surface area contributed by atoms with Crippen LogP contribution in [0.25, 0.3) is 36.5 Å². The number of methoxy groups -OCH3 is 3. The molecule has 2 aromatic heterocycles. The van der Waals surface area contributed by atoms with E-state index in [1.165, 1.54) is 18.4 Å². The smallest absolute Gasteiger partial charge is 0.187 e. The predicted octanol–water partition coefficient (Wildman–Crippen LogP) is 13.5. The van der Waals surface area contributed by atoms with Gasteiger partial charge >= 0.3 is 0 Å². The van der Waals surface area contributed by atoms with Gasteiger partial charge in [-0.05, 0) is 153 Å². The number of hydrogen-bond donors (Lipinski definition) is 0. The van der Waals surface area contributed by atoms with Crippen LogP contribution >= 0.6 is 0 Å². The van der Waals surface area contributed by atoms with Gasteiger partial charge in [0.25, 0.3) is 0 Å². The minimum atomic E-state index is 0.0904. The van der Waals surface area contributed by atoms with Crippen molar-refractivity contribution >= 4 is 53.8 Å². The number of pyridine rings is 2. The standard InChI is InChI=1S/C26H31NO3.C26H31NO2.C20H19N3O/c1-19(2)13-14-27-17-22(15-20-9-5-7-11-24(20)29-3)26(28)23(18-27)16-21-10-6-8-12-25(21)30-4;1-19(2)11-12-27-17-23(14-21-8-5-7-20(3)13-21)26(28)24(18-27)15-22-9-6-10-25(16-22)29-4;24-20-17(9-15-3-1-7-21-11-15)13-23(19-5-6-19)14-18(20)10-16-4-2-8-22-12-16/h5-12,15-16,19H,13-14,17-18H2,1-4H3;5-10,13-16,19H,11-12,17-18H2,1-4H3;1-4,7-12,19H,5-6,13-14H2/b22-15+,23-16+;23-14+,24-15+;17-9+,18-10+. The molecule has 0 N–H and O–H groups in total. The van der Waals surface area contributed by atoms with E-state index in [0.29, 0.717) is 44.1 Å². The summed E-state index contributed by atoms with van der Waals surface area (Å²) in [7, 11) is 4.97. The largest absolute Gasteiger partial charge is 0.497 e. The van der Waals surface area contributed by atoms with Gasteiger partial charge in [-0.15, -0.1) is 0 Å². The highest BCUT2D eigenvalue weighted by atomic mass is 16.5. The number of carbonyl (C=O) groups is 3. The molecular formula is C72H81N5O6. The summed E-state index contributed by atoms with van der Waals surface area (Å²) in [5.41, 5.74) is 12.0. The second-order valence-electron chi connectivity index (χ2n) is 22.7. The molecule has 4 aliphatic rings. The zero-order valence-electron chi connectivity index (χ0n) is 49.7. The van der Waals surface area contributed by atoms with Gasteiger partial charge < -0.3 is 14.2 Å². The fourth-order valence-corrected chi connectivity index (χ4v) is 10.3. The van der Waals surface area contributed by atoms with E-state index in [2.05, 4.69) is 83.6 Å². The highest BCUT2D eigenvalue weighted by Gasteiger charge is 2.36. The molecule has 1 saturated carbocycles. The van der Waals surface area contributed by atoms with Crippen LogP contribution in [0.5, 0.6) is 17.2 Å². The summed E-state index contributed by atoms with van der Waals surface area (Å²) in [6, 6.07) is 40.1. The Bertz CT molecular complexity index is 3240. The Morgan fingerprint density at radius 3 is 1.29 bits per heavy atom. The van der Waals surface area contributed by atoms with Crippen LogP contribution in [-0.4, -0.2) is 122 Å². The van der Waals surface area contributed by atoms with E-state index >= 15 is 0 Å². The van der Waals surface area contributed by atoms with E-state index in [1.807, 2.05) is 134 Å². The number of aromatic nitrogens is 2. The lowest BCUT2D eigenvalue weighted by Gasteiger charge is -2.30. The third-order valence-corrected chi connectivity index (χ3v) is 15.0. The Kier molecular flexibility index (Phi) is 22.3. The number of hydrogen-bond acceptors (Lipinski definition) is 11. The van der Waals surface area contributed by atoms with Crippen molar-refractivity contribution < 1.29 is 28.6 Å². The molecule has 11 heteroatoms. The minimum absolute atomic E-state index is 0.0904. The first-order valence-corrected chi connectivity index (χ1v) is 29.1. The summed E-state index contributed by atoms with van der Waals surface area (Å²) in [6.45, 7) is 17.1. The molecule has 0 unspecified atom stereocenters. The number of carbonyl (C=O) groups excluding carboxylic acids is 3. The van der Waals surface area contributed by atoms with Gasteiger partial charge in [0.2, 0.25) is 0 Å². The summed E-state index contributed by atoms with van der Waals surface area (Å²) < 4.78 is 16.3. The van der Waals surface area contributed by atoms with E-state index in [9.17, 15) is 14.4 Å². The molecule has 4 fully saturated rings. The van der Waals surface area contributed by atoms with E-state index < -0.39 is 0 Å². The van der Waals surface area contributed by atoms with E-state index in [1.54, 1.807) is 46.1 Å². The van der Waals surface area contributed by atoms with Gasteiger partial charge in [-0.2, -0.15) is 0 Å². The molecule has 3 aliphatic heterocycles. The van der Waals surface area contributed by atoms with Crippen molar-refractivity contribution in [1.82, 2.24) is 24.7 Å². The first kappa shape index (κ1) is 61.0. The average molecular weight is 1110 g/mol. The third-order valence-electron chi connectivity index (χ3n) is 15.0. The summed E-state index contributed by atoms with van der Waals surface area (Å²) in [5, 5.41) is 0. The zero-order chi connectivity index (χ0) is 58.7. The molecule has 0 bridgehead atoms. The van der Waals surface area contributed by atoms with Crippen molar-refractivity contribution in [2.45, 2.75) is 66.3 Å². The molecule has 5 heterocycles. The third kappa shape index (κ3) is 18.2. The fourth-order valence-electron chi connectivity index (χ4n) is 10.3. The molecular weight excluding hydrogens is 1030 g/mol. The van der Waals surface area contributed by atoms with Crippen LogP contribution < -0.4 is 14.2 Å². The maximum Gasteiger partial charge on any atom is 0.187 e. The second kappa shape index (κ2) is 30.3. The quantitative estimate of drug-likeness (QED) is 0.0863. The number of piperidine rings is 3. The molecule has 1 aliphatic carbocycles. The van der Waals surface area contributed by atoms with Gasteiger partial charge in [0, 0.05) is 115 Å². The van der Waals surface area contributed by atoms with Gasteiger partial charge in [-0.3, -0.25) is 39.1 Å². The lowest BCUT2D eigenvalue weighted by molar-refractivity contribution is -0.114. The van der Waals surface area contributed by atoms with E-state index in [0.717, 1.165) is 123 Å². The van der Waals surface area contributed by atoms with E-state index in [4.69, 9.17) is 14.2 Å². The highest BCUT2D eigenvalue weighted by Crippen LogP contribution is 2.33. The van der Waals surface area contributed by atoms with Gasteiger partial charge in [0.1, 0.15) is 17.2 Å². The van der Waals surface area contributed by atoms with Crippen molar-refractivity contribution in [2.24, 2.45) is 11.8 Å². The van der Waals surface area contributed by atoms with Crippen molar-refractivity contribution in [3.8, 4) is 17.2 Å². The van der Waals surface area contributed by atoms with Crippen LogP contribution in [0.2, 0.25) is 0 Å². The van der Waals surface area contributed by atoms with Crippen molar-refractivity contribution in [3.63, 3.8) is 0 Å². The fraction of sp³-hybridized carbons (Fsp3) is 0.319. The number of ether oxygens (including phenoxy) is 3. The number of para-hydroxylation sites is 2. The predicted molar refractivity (Wildman–Crippen MR) is 338 cm³/mol. The maximum absolute atomic E-state index is 13.4. The molecule has 0 atom stereocenters. The van der Waals surface area contributed by atoms with Crippen LogP contribution in [0.1, 0.15) is 92.3 Å². The number of rotatable bonds is 16. The SMILES string of the molecule is COc1cccc(/C=C2\CN(CCC(C)C)C/C(=C\c3cccc(C)c3)C2=O)c1.COc1ccccc1/C=C1\CN(CCC(C)C)C/C(=C\c2ccccc2OC)C1=O.O=C1/C(=C/c2cccnc2)CN(C2CC2)C/C1=C\c1cccnc1. The van der Waals surface area contributed by atoms with Crippen LogP contribution in [0.15, 0.2) is 180 Å². The monoisotopic (exact) mass is 1110 g/mol. The highest BCUT2D eigenvalue weighted by molar-refractivity contribution is 6.16. The molecule has 4 aromatic carbocycles. The number of nitrogens with zero attached hydrogens (tertiary/aromatic N) is 5. The summed E-state index contributed by atoms with van der Waals surface area (Å²) in [4.78, 5) is 55.0. The molecule has 6 aromatic rings. The maximum atomic E-state index is 13.4. The van der Waals surface area contributed by atoms with Gasteiger partial charge in [0.15, 0.2) is 17.3 Å². The molecule has 3 saturated heterocycles. The summed E-state index contributed by atoms with van der Waals surface area (Å²) >= 11 is 0. The Morgan fingerprint density at radius 1 is 0.470 bits per heavy atom. The number of likely N-dealkylation sites (tertiary alicyclic amines) is 3. The number of ketones is 3. The minimum Gasteiger partial charge on any atom is -0.497 e. The topological polar surface area (TPSA) is 114 Å². The van der Waals surface area contributed by atoms with Crippen LogP contribution in [-0.2, 0) is 14.4 Å². The average Bonchev–Trinajstić information content (AvgIpc) is 4.54. The van der Waals surface area contributed by atoms with Crippen molar-refractivity contribution in [3.05, 3.63) is 218 Å². The number of benzene rings is 4. The molecule has 430 valence electrons. The molecule has 0 amide bonds. The Balaban J connectivity index is 0.000000164. The number of Topliss-reactive ketones (excluding diaryl/α,β-unsaturated/α-hetero) is 3. The molecule has 0 spiro atoms. The first-order chi connectivity index (χ1) is 40.2. The molecule has 10 rings (SSSR count). The number of aryl methyl sites for hydroxylation is 1. The Labute approximate surface area is 492 Å². The molecule has 0 radical (unpaired) electrons. The van der Waals surface area contributed by atoms with Crippen LogP contribution in [0, 0.1) is 18.8 Å². The van der Waals surface area contributed by atoms with Crippen molar-refractivity contribution in [2.75, 3.05) is 73.7 Å². The summed E-state index contributed by atoms with van der Waals surface area (Å²) in [5.74, 6) is 3.98. The Hall–Kier alpha value is -8.09. The first-order valence-electron chi connectivity index (χ1n) is 29.1. The van der Waals surface area contributed by atoms with Crippen molar-refractivity contribution in [1.29, 1.82) is 0 Å². The van der Waals surface area contributed by atoms with E-state index in [-0.39, 0.29) is 17.3 Å². The molecule has 83 heavy (non-hydrogen) atoms. The van der Waals surface area contributed by atoms with Gasteiger partial charge in [0.05, 0.1) is 21.3 Å². The lowest BCUT2D eigenvalue weighted by atomic mass is 9.93. The van der Waals surface area contributed by atoms with Gasteiger partial charge in [-0.25, -0.2) is 0 Å². The lowest BCUT2D eigenvalue weighted by Crippen LogP contribution is -2.39. The summed E-state index contributed by atoms with van der Waals surface area (Å²) in [6.07, 6.45) is 23.7. The van der Waals surface area contributed by atoms with Crippen LogP contribution in [0.4, 0.5) is 0 Å².